The normalized spacial score (nSPS) is 36.8. The van der Waals surface area contributed by atoms with Crippen LogP contribution in [0.15, 0.2) is 0 Å². The van der Waals surface area contributed by atoms with Crippen LogP contribution in [-0.2, 0) is 4.74 Å². The fraction of sp³-hybridized carbons (Fsp3) is 1.00. The molecule has 0 unspecified atom stereocenters. The summed E-state index contributed by atoms with van der Waals surface area (Å²) in [6.07, 6.45) is 3.81. The molecular formula is C9H19NO2. The SMILES string of the molecule is CNC1CCC(O)(COC)CC1. The molecule has 3 heteroatoms. The number of rotatable bonds is 3. The van der Waals surface area contributed by atoms with E-state index in [1.54, 1.807) is 7.11 Å². The molecule has 0 aromatic rings. The Kier molecular flexibility index (Phi) is 3.50. The molecule has 0 aromatic heterocycles. The summed E-state index contributed by atoms with van der Waals surface area (Å²) in [5.41, 5.74) is -0.553. The van der Waals surface area contributed by atoms with Gasteiger partial charge in [-0.3, -0.25) is 0 Å². The number of nitrogens with one attached hydrogen (secondary N) is 1. The Morgan fingerprint density at radius 1 is 1.50 bits per heavy atom. The molecule has 12 heavy (non-hydrogen) atoms. The van der Waals surface area contributed by atoms with Crippen LogP contribution in [0.25, 0.3) is 0 Å². The van der Waals surface area contributed by atoms with Crippen LogP contribution in [0.5, 0.6) is 0 Å². The highest BCUT2D eigenvalue weighted by atomic mass is 16.5. The third-order valence-electron chi connectivity index (χ3n) is 2.74. The minimum absolute atomic E-state index is 0.476. The second-order valence-corrected chi connectivity index (χ2v) is 3.72. The molecule has 0 heterocycles. The Morgan fingerprint density at radius 2 is 2.08 bits per heavy atom. The van der Waals surface area contributed by atoms with Crippen LogP contribution < -0.4 is 5.32 Å². The molecule has 1 fully saturated rings. The lowest BCUT2D eigenvalue weighted by Gasteiger charge is -2.35. The van der Waals surface area contributed by atoms with Crippen molar-refractivity contribution in [1.82, 2.24) is 5.32 Å². The molecule has 0 bridgehead atoms. The molecule has 0 aromatic carbocycles. The van der Waals surface area contributed by atoms with Gasteiger partial charge in [0.1, 0.15) is 0 Å². The van der Waals surface area contributed by atoms with Crippen molar-refractivity contribution in [3.63, 3.8) is 0 Å². The molecule has 1 aliphatic carbocycles. The Labute approximate surface area is 74.1 Å². The minimum Gasteiger partial charge on any atom is -0.387 e. The van der Waals surface area contributed by atoms with Crippen molar-refractivity contribution in [2.24, 2.45) is 0 Å². The number of hydrogen-bond donors (Lipinski definition) is 2. The molecule has 0 atom stereocenters. The molecule has 0 spiro atoms. The molecule has 0 aliphatic heterocycles. The maximum Gasteiger partial charge on any atom is 0.0881 e. The lowest BCUT2D eigenvalue weighted by molar-refractivity contribution is -0.0599. The maximum atomic E-state index is 9.93. The predicted molar refractivity (Wildman–Crippen MR) is 48.1 cm³/mol. The number of ether oxygens (including phenoxy) is 1. The average molecular weight is 173 g/mol. The van der Waals surface area contributed by atoms with E-state index in [0.29, 0.717) is 12.6 Å². The van der Waals surface area contributed by atoms with Gasteiger partial charge >= 0.3 is 0 Å². The molecule has 1 rings (SSSR count). The second-order valence-electron chi connectivity index (χ2n) is 3.72. The van der Waals surface area contributed by atoms with E-state index in [9.17, 15) is 5.11 Å². The van der Waals surface area contributed by atoms with Crippen LogP contribution in [0.3, 0.4) is 0 Å². The lowest BCUT2D eigenvalue weighted by atomic mass is 9.83. The minimum atomic E-state index is -0.553. The molecule has 0 saturated heterocycles. The van der Waals surface area contributed by atoms with Crippen LogP contribution in [-0.4, -0.2) is 37.5 Å². The topological polar surface area (TPSA) is 41.5 Å². The quantitative estimate of drug-likeness (QED) is 0.654. The summed E-state index contributed by atoms with van der Waals surface area (Å²) >= 11 is 0. The molecule has 1 aliphatic rings. The summed E-state index contributed by atoms with van der Waals surface area (Å²) in [7, 11) is 3.62. The number of aliphatic hydroxyl groups is 1. The first-order chi connectivity index (χ1) is 5.70. The predicted octanol–water partition coefficient (Wildman–Crippen LogP) is 0.526. The summed E-state index contributed by atoms with van der Waals surface area (Å²) in [5.74, 6) is 0. The van der Waals surface area contributed by atoms with E-state index in [-0.39, 0.29) is 0 Å². The highest BCUT2D eigenvalue weighted by Gasteiger charge is 2.32. The van der Waals surface area contributed by atoms with E-state index in [2.05, 4.69) is 5.32 Å². The molecule has 1 saturated carbocycles. The highest BCUT2D eigenvalue weighted by molar-refractivity contribution is 4.87. The molecule has 72 valence electrons. The smallest absolute Gasteiger partial charge is 0.0881 e. The first kappa shape index (κ1) is 9.96. The Bertz CT molecular complexity index is 130. The van der Waals surface area contributed by atoms with Crippen LogP contribution in [0, 0.1) is 0 Å². The Hall–Kier alpha value is -0.120. The van der Waals surface area contributed by atoms with E-state index in [0.717, 1.165) is 25.7 Å². The van der Waals surface area contributed by atoms with Crippen LogP contribution in [0.1, 0.15) is 25.7 Å². The van der Waals surface area contributed by atoms with Gasteiger partial charge in [-0.05, 0) is 32.7 Å². The van der Waals surface area contributed by atoms with Gasteiger partial charge in [-0.1, -0.05) is 0 Å². The molecule has 0 radical (unpaired) electrons. The van der Waals surface area contributed by atoms with Gasteiger partial charge in [-0.2, -0.15) is 0 Å². The van der Waals surface area contributed by atoms with E-state index in [4.69, 9.17) is 4.74 Å². The maximum absolute atomic E-state index is 9.93. The summed E-state index contributed by atoms with van der Waals surface area (Å²) in [5, 5.41) is 13.2. The van der Waals surface area contributed by atoms with Crippen LogP contribution in [0.4, 0.5) is 0 Å². The summed E-state index contributed by atoms with van der Waals surface area (Å²) in [6.45, 7) is 0.476. The van der Waals surface area contributed by atoms with E-state index >= 15 is 0 Å². The van der Waals surface area contributed by atoms with Gasteiger partial charge in [0, 0.05) is 13.2 Å². The lowest BCUT2D eigenvalue weighted by Crippen LogP contribution is -2.42. The fourth-order valence-corrected chi connectivity index (χ4v) is 1.86. The zero-order valence-electron chi connectivity index (χ0n) is 7.97. The Morgan fingerprint density at radius 3 is 2.50 bits per heavy atom. The molecule has 2 N–H and O–H groups in total. The van der Waals surface area contributed by atoms with E-state index in [1.807, 2.05) is 7.05 Å². The molecular weight excluding hydrogens is 154 g/mol. The van der Waals surface area contributed by atoms with Gasteiger partial charge in [-0.25, -0.2) is 0 Å². The van der Waals surface area contributed by atoms with E-state index in [1.165, 1.54) is 0 Å². The molecule has 3 nitrogen and oxygen atoms in total. The zero-order valence-corrected chi connectivity index (χ0v) is 7.97. The highest BCUT2D eigenvalue weighted by Crippen LogP contribution is 2.28. The van der Waals surface area contributed by atoms with Crippen LogP contribution in [0.2, 0.25) is 0 Å². The number of hydrogen-bond acceptors (Lipinski definition) is 3. The van der Waals surface area contributed by atoms with Gasteiger partial charge in [0.25, 0.3) is 0 Å². The first-order valence-corrected chi connectivity index (χ1v) is 4.59. The monoisotopic (exact) mass is 173 g/mol. The van der Waals surface area contributed by atoms with Crippen molar-refractivity contribution in [2.75, 3.05) is 20.8 Å². The van der Waals surface area contributed by atoms with Crippen molar-refractivity contribution in [3.8, 4) is 0 Å². The van der Waals surface area contributed by atoms with Gasteiger partial charge < -0.3 is 15.2 Å². The largest absolute Gasteiger partial charge is 0.387 e. The second kappa shape index (κ2) is 4.21. The van der Waals surface area contributed by atoms with Crippen molar-refractivity contribution < 1.29 is 9.84 Å². The zero-order chi connectivity index (χ0) is 9.03. The van der Waals surface area contributed by atoms with E-state index < -0.39 is 5.60 Å². The van der Waals surface area contributed by atoms with Gasteiger partial charge in [-0.15, -0.1) is 0 Å². The third-order valence-corrected chi connectivity index (χ3v) is 2.74. The average Bonchev–Trinajstić information content (AvgIpc) is 2.06. The van der Waals surface area contributed by atoms with Crippen molar-refractivity contribution in [1.29, 1.82) is 0 Å². The fourth-order valence-electron chi connectivity index (χ4n) is 1.86. The first-order valence-electron chi connectivity index (χ1n) is 4.59. The summed E-state index contributed by atoms with van der Waals surface area (Å²) in [4.78, 5) is 0. The standard InChI is InChI=1S/C9H19NO2/c1-10-8-3-5-9(11,6-4-8)7-12-2/h8,10-11H,3-7H2,1-2H3. The van der Waals surface area contributed by atoms with Gasteiger partial charge in [0.15, 0.2) is 0 Å². The third kappa shape index (κ3) is 2.44. The van der Waals surface area contributed by atoms with Crippen LogP contribution >= 0.6 is 0 Å². The van der Waals surface area contributed by atoms with Crippen molar-refractivity contribution >= 4 is 0 Å². The molecule has 0 amide bonds. The summed E-state index contributed by atoms with van der Waals surface area (Å²) in [6, 6.07) is 0.585. The Balaban J connectivity index is 2.33. The van der Waals surface area contributed by atoms with Gasteiger partial charge in [0.2, 0.25) is 0 Å². The van der Waals surface area contributed by atoms with Crippen molar-refractivity contribution in [3.05, 3.63) is 0 Å². The van der Waals surface area contributed by atoms with Gasteiger partial charge in [0.05, 0.1) is 12.2 Å². The number of methoxy groups -OCH3 is 1. The van der Waals surface area contributed by atoms with Crippen molar-refractivity contribution in [2.45, 2.75) is 37.3 Å². The summed E-state index contributed by atoms with van der Waals surface area (Å²) < 4.78 is 4.98.